The van der Waals surface area contributed by atoms with Gasteiger partial charge in [-0.15, -0.1) is 0 Å². The van der Waals surface area contributed by atoms with E-state index in [1.165, 1.54) is 14.2 Å². The maximum Gasteiger partial charge on any atom is 0.407 e. The zero-order valence-corrected chi connectivity index (χ0v) is 34.0. The fourth-order valence-corrected chi connectivity index (χ4v) is 9.02. The minimum absolute atomic E-state index is 0.105. The van der Waals surface area contributed by atoms with Gasteiger partial charge in [0.05, 0.1) is 49.2 Å². The molecule has 2 aliphatic carbocycles. The third-order valence-electron chi connectivity index (χ3n) is 12.6. The van der Waals surface area contributed by atoms with Gasteiger partial charge in [0.1, 0.15) is 23.7 Å². The molecule has 4 amide bonds. The molecule has 14 nitrogen and oxygen atoms in total. The Morgan fingerprint density at radius 1 is 0.833 bits per heavy atom. The Balaban J connectivity index is 0.888. The number of aromatic nitrogens is 4. The second kappa shape index (κ2) is 15.5. The molecular weight excluding hydrogens is 761 g/mol. The Labute approximate surface area is 347 Å². The molecule has 0 bridgehead atoms. The first-order chi connectivity index (χ1) is 29.0. The number of benzene rings is 3. The highest BCUT2D eigenvalue weighted by atomic mass is 16.5. The predicted octanol–water partition coefficient (Wildman–Crippen LogP) is 6.55. The molecule has 0 radical (unpaired) electrons. The van der Waals surface area contributed by atoms with Crippen molar-refractivity contribution in [2.24, 2.45) is 17.3 Å². The number of H-pyrrole nitrogens is 2. The maximum absolute atomic E-state index is 14.2. The second-order valence-electron chi connectivity index (χ2n) is 16.9. The van der Waals surface area contributed by atoms with Crippen LogP contribution in [-0.2, 0) is 19.1 Å². The number of piperidine rings is 1. The number of nitrogens with one attached hydrogen (secondary N) is 4. The fourth-order valence-electron chi connectivity index (χ4n) is 9.02. The summed E-state index contributed by atoms with van der Waals surface area (Å²) in [7, 11) is 2.59. The summed E-state index contributed by atoms with van der Waals surface area (Å²) >= 11 is 0. The molecule has 4 N–H and O–H groups in total. The zero-order valence-electron chi connectivity index (χ0n) is 34.0. The molecule has 9 rings (SSSR count). The molecule has 1 unspecified atom stereocenters. The van der Waals surface area contributed by atoms with E-state index in [0.717, 1.165) is 71.3 Å². The third kappa shape index (κ3) is 7.56. The minimum Gasteiger partial charge on any atom is -0.453 e. The summed E-state index contributed by atoms with van der Waals surface area (Å²) < 4.78 is 9.67. The van der Waals surface area contributed by atoms with Crippen LogP contribution in [0, 0.1) is 29.1 Å². The molecule has 2 aromatic heterocycles. The van der Waals surface area contributed by atoms with E-state index in [9.17, 15) is 19.2 Å². The second-order valence-corrected chi connectivity index (χ2v) is 16.9. The summed E-state index contributed by atoms with van der Waals surface area (Å²) in [6.45, 7) is 4.48. The number of methoxy groups -OCH3 is 2. The first-order valence-corrected chi connectivity index (χ1v) is 20.6. The van der Waals surface area contributed by atoms with E-state index in [4.69, 9.17) is 19.4 Å². The normalized spacial score (nSPS) is 21.8. The van der Waals surface area contributed by atoms with Crippen molar-refractivity contribution in [3.05, 3.63) is 107 Å². The Kier molecular flexibility index (Phi) is 10.1. The number of nitrogens with zero attached hydrogens (tertiary/aromatic N) is 4. The number of carbonyl (C=O) groups is 4. The Morgan fingerprint density at radius 2 is 1.55 bits per heavy atom. The summed E-state index contributed by atoms with van der Waals surface area (Å²) in [6, 6.07) is 21.1. The van der Waals surface area contributed by atoms with Crippen molar-refractivity contribution < 1.29 is 28.7 Å². The number of ether oxygens (including phenoxy) is 2. The van der Waals surface area contributed by atoms with Gasteiger partial charge in [0.25, 0.3) is 5.91 Å². The fraction of sp³-hybridized carbons (Fsp3) is 0.391. The number of imidazole rings is 2. The van der Waals surface area contributed by atoms with Crippen LogP contribution in [-0.4, -0.2) is 86.6 Å². The lowest BCUT2D eigenvalue weighted by molar-refractivity contribution is -0.136. The molecule has 2 saturated heterocycles. The smallest absolute Gasteiger partial charge is 0.407 e. The van der Waals surface area contributed by atoms with Gasteiger partial charge in [-0.25, -0.2) is 19.6 Å². The lowest BCUT2D eigenvalue weighted by Gasteiger charge is -2.30. The van der Waals surface area contributed by atoms with Gasteiger partial charge in [-0.3, -0.25) is 9.59 Å². The van der Waals surface area contributed by atoms with Crippen molar-refractivity contribution in [3.8, 4) is 23.1 Å². The zero-order chi connectivity index (χ0) is 41.7. The van der Waals surface area contributed by atoms with Crippen molar-refractivity contribution in [2.45, 2.75) is 76.2 Å². The summed E-state index contributed by atoms with van der Waals surface area (Å²) in [5.41, 5.74) is 5.87. The standard InChI is InChI=1S/C46H48N8O6/c1-26(2)38(51-44(57)59-3)42(55)53-25-46(18-19-46)23-37(53)40-47-24-34(50-40)29-15-12-27(13-16-29)10-11-28-14-17-32-33(20-28)49-41(48-32)36-22-31-21-35(31)54(36)43(56)39(52-45(58)60-4)30-8-6-5-7-9-30/h5-9,12-17,20,24,26,31,35-39H,18-19,21-23,25H2,1-4H3,(H,47,50)(H,48,49)(H,51,57)(H,52,58)/t31?,35-,36+,37+,38+,39-/m1/s1. The van der Waals surface area contributed by atoms with Crippen LogP contribution in [0.1, 0.15) is 92.4 Å². The first-order valence-electron chi connectivity index (χ1n) is 20.6. The maximum atomic E-state index is 14.2. The molecule has 1 spiro atoms. The van der Waals surface area contributed by atoms with Crippen molar-refractivity contribution in [1.29, 1.82) is 0 Å². The number of likely N-dealkylation sites (tertiary alicyclic amines) is 2. The summed E-state index contributed by atoms with van der Waals surface area (Å²) in [5, 5.41) is 5.48. The summed E-state index contributed by atoms with van der Waals surface area (Å²) in [4.78, 5) is 72.8. The average Bonchev–Trinajstić information content (AvgIpc) is 3.88. The van der Waals surface area contributed by atoms with E-state index >= 15 is 0 Å². The van der Waals surface area contributed by atoms with Crippen molar-refractivity contribution in [3.63, 3.8) is 0 Å². The highest BCUT2D eigenvalue weighted by Crippen LogP contribution is 2.58. The number of aromatic amines is 2. The Bertz CT molecular complexity index is 2520. The molecule has 4 aliphatic rings. The van der Waals surface area contributed by atoms with Crippen LogP contribution < -0.4 is 10.6 Å². The molecule has 60 heavy (non-hydrogen) atoms. The number of carbonyl (C=O) groups excluding carboxylic acids is 4. The topological polar surface area (TPSA) is 175 Å². The number of hydrogen-bond donors (Lipinski definition) is 4. The van der Waals surface area contributed by atoms with Crippen LogP contribution in [0.5, 0.6) is 0 Å². The van der Waals surface area contributed by atoms with Crippen LogP contribution in [0.15, 0.2) is 79.0 Å². The first kappa shape index (κ1) is 38.9. The van der Waals surface area contributed by atoms with Gasteiger partial charge in [-0.05, 0) is 90.8 Å². The van der Waals surface area contributed by atoms with Crippen molar-refractivity contribution >= 4 is 35.0 Å². The van der Waals surface area contributed by atoms with Crippen LogP contribution >= 0.6 is 0 Å². The number of hydrogen-bond acceptors (Lipinski definition) is 8. The van der Waals surface area contributed by atoms with Gasteiger partial charge in [0.2, 0.25) is 5.91 Å². The Hall–Kier alpha value is -6.62. The SMILES string of the molecule is COC(=O)N[C@H](C(=O)N1CC2(CC2)C[C@H]1c1ncc(-c2ccc(C#Cc3ccc4nc([C@@H]5CC6C[C@H]6N5C(=O)[C@H](NC(=O)OC)c5ccccc5)[nH]c4c3)cc2)[nH]1)C(C)C. The van der Waals surface area contributed by atoms with E-state index < -0.39 is 24.3 Å². The lowest BCUT2D eigenvalue weighted by atomic mass is 10.0. The molecule has 308 valence electrons. The Morgan fingerprint density at radius 3 is 2.27 bits per heavy atom. The van der Waals surface area contributed by atoms with Gasteiger partial charge in [0, 0.05) is 23.7 Å². The number of rotatable bonds is 9. The molecular formula is C46H48N8O6. The van der Waals surface area contributed by atoms with Gasteiger partial charge < -0.3 is 39.9 Å². The molecule has 2 saturated carbocycles. The highest BCUT2D eigenvalue weighted by Gasteiger charge is 2.57. The minimum atomic E-state index is -0.880. The van der Waals surface area contributed by atoms with E-state index in [1.54, 1.807) is 0 Å². The number of amides is 4. The van der Waals surface area contributed by atoms with Crippen molar-refractivity contribution in [1.82, 2.24) is 40.4 Å². The number of fused-ring (bicyclic) bond motifs is 2. The molecule has 14 heteroatoms. The summed E-state index contributed by atoms with van der Waals surface area (Å²) in [6.07, 6.45) is 5.24. The van der Waals surface area contributed by atoms with Gasteiger partial charge >= 0.3 is 12.2 Å². The van der Waals surface area contributed by atoms with Crippen LogP contribution in [0.4, 0.5) is 9.59 Å². The quantitative estimate of drug-likeness (QED) is 0.121. The van der Waals surface area contributed by atoms with Gasteiger partial charge in [-0.2, -0.15) is 0 Å². The van der Waals surface area contributed by atoms with E-state index in [2.05, 4.69) is 32.4 Å². The number of alkyl carbamates (subject to hydrolysis) is 2. The average molecular weight is 809 g/mol. The molecule has 4 heterocycles. The van der Waals surface area contributed by atoms with E-state index in [1.807, 2.05) is 103 Å². The molecule has 4 fully saturated rings. The van der Waals surface area contributed by atoms with E-state index in [0.29, 0.717) is 23.9 Å². The lowest BCUT2D eigenvalue weighted by Crippen LogP contribution is -2.51. The molecule has 5 aromatic rings. The third-order valence-corrected chi connectivity index (χ3v) is 12.6. The molecule has 6 atom stereocenters. The monoisotopic (exact) mass is 808 g/mol. The van der Waals surface area contributed by atoms with Crippen LogP contribution in [0.2, 0.25) is 0 Å². The predicted molar refractivity (Wildman–Crippen MR) is 222 cm³/mol. The van der Waals surface area contributed by atoms with Crippen LogP contribution in [0.3, 0.4) is 0 Å². The molecule has 3 aromatic carbocycles. The summed E-state index contributed by atoms with van der Waals surface area (Å²) in [5.74, 6) is 8.00. The van der Waals surface area contributed by atoms with Crippen LogP contribution in [0.25, 0.3) is 22.3 Å². The van der Waals surface area contributed by atoms with Gasteiger partial charge in [-0.1, -0.05) is 68.2 Å². The largest absolute Gasteiger partial charge is 0.453 e. The molecule has 2 aliphatic heterocycles. The van der Waals surface area contributed by atoms with E-state index in [-0.39, 0.29) is 41.3 Å². The highest BCUT2D eigenvalue weighted by molar-refractivity contribution is 5.89. The van der Waals surface area contributed by atoms with Gasteiger partial charge in [0.15, 0.2) is 0 Å². The van der Waals surface area contributed by atoms with Crippen molar-refractivity contribution in [2.75, 3.05) is 20.8 Å².